The van der Waals surface area contributed by atoms with E-state index in [1.165, 1.54) is 11.3 Å². The van der Waals surface area contributed by atoms with E-state index >= 15 is 0 Å². The number of allylic oxidation sites excluding steroid dienone is 1. The van der Waals surface area contributed by atoms with Crippen LogP contribution >= 0.6 is 0 Å². The number of nitrogens with one attached hydrogen (secondary N) is 1. The Hall–Kier alpha value is -3.33. The molecular formula is C28H30N2O. The van der Waals surface area contributed by atoms with Crippen LogP contribution in [0.3, 0.4) is 0 Å². The fraction of sp³-hybridized carbons (Fsp3) is 0.250. The molecule has 1 amide bonds. The van der Waals surface area contributed by atoms with Crippen molar-refractivity contribution in [1.29, 1.82) is 0 Å². The Balaban J connectivity index is 1.43. The number of nitrogens with zero attached hydrogens (tertiary/aromatic N) is 1. The predicted molar refractivity (Wildman–Crippen MR) is 129 cm³/mol. The van der Waals surface area contributed by atoms with Gasteiger partial charge in [-0.2, -0.15) is 0 Å². The Kier molecular flexibility index (Phi) is 6.51. The van der Waals surface area contributed by atoms with Crippen LogP contribution in [0, 0.1) is 0 Å². The van der Waals surface area contributed by atoms with Gasteiger partial charge in [-0.05, 0) is 46.7 Å². The highest BCUT2D eigenvalue weighted by atomic mass is 16.1. The van der Waals surface area contributed by atoms with Crippen LogP contribution in [-0.4, -0.2) is 12.5 Å². The summed E-state index contributed by atoms with van der Waals surface area (Å²) >= 11 is 0. The number of carbonyl (C=O) groups excluding carboxylic acids is 1. The molecule has 3 aromatic rings. The molecule has 31 heavy (non-hydrogen) atoms. The molecule has 0 spiro atoms. The first-order valence-electron chi connectivity index (χ1n) is 11.1. The lowest BCUT2D eigenvalue weighted by molar-refractivity contribution is -0.122. The quantitative estimate of drug-likeness (QED) is 0.524. The van der Waals surface area contributed by atoms with Gasteiger partial charge in [0, 0.05) is 25.3 Å². The van der Waals surface area contributed by atoms with Gasteiger partial charge < -0.3 is 10.2 Å². The maximum atomic E-state index is 13.1. The van der Waals surface area contributed by atoms with Crippen molar-refractivity contribution in [3.05, 3.63) is 108 Å². The number of fused-ring (bicyclic) bond motifs is 1. The molecule has 4 rings (SSSR count). The molecule has 0 aliphatic carbocycles. The average Bonchev–Trinajstić information content (AvgIpc) is 2.83. The number of hydrogen-bond acceptors (Lipinski definition) is 2. The highest BCUT2D eigenvalue weighted by Crippen LogP contribution is 2.36. The van der Waals surface area contributed by atoms with Crippen molar-refractivity contribution in [3.8, 4) is 0 Å². The topological polar surface area (TPSA) is 32.3 Å². The molecule has 3 aromatic carbocycles. The van der Waals surface area contributed by atoms with Crippen molar-refractivity contribution >= 4 is 17.2 Å². The molecule has 1 heterocycles. The number of benzene rings is 3. The van der Waals surface area contributed by atoms with Crippen molar-refractivity contribution in [3.63, 3.8) is 0 Å². The lowest BCUT2D eigenvalue weighted by Gasteiger charge is -2.35. The number of rotatable bonds is 7. The number of carbonyl (C=O) groups is 1. The smallest absolute Gasteiger partial charge is 0.227 e. The number of para-hydroxylation sites is 1. The molecule has 0 aromatic heterocycles. The van der Waals surface area contributed by atoms with E-state index in [0.29, 0.717) is 6.54 Å². The number of amides is 1. The average molecular weight is 411 g/mol. The SMILES string of the molecule is C=C(CC)c1ccc(CNC(=O)C2CCN(Cc3ccccc3)c3ccccc32)cc1. The molecule has 1 aliphatic heterocycles. The first-order chi connectivity index (χ1) is 15.2. The van der Waals surface area contributed by atoms with Crippen molar-refractivity contribution in [2.75, 3.05) is 11.4 Å². The van der Waals surface area contributed by atoms with E-state index in [1.807, 2.05) is 12.1 Å². The standard InChI is InChI=1S/C28H30N2O/c1-3-21(2)24-15-13-22(14-16-24)19-29-28(31)26-17-18-30(20-23-9-5-4-6-10-23)27-12-8-7-11-25(26)27/h4-16,26H,2-3,17-20H2,1H3,(H,29,31). The fourth-order valence-corrected chi connectivity index (χ4v) is 4.25. The Morgan fingerprint density at radius 2 is 1.68 bits per heavy atom. The zero-order chi connectivity index (χ0) is 21.6. The lowest BCUT2D eigenvalue weighted by atomic mass is 9.88. The number of anilines is 1. The van der Waals surface area contributed by atoms with Crippen LogP contribution in [-0.2, 0) is 17.9 Å². The summed E-state index contributed by atoms with van der Waals surface area (Å²) in [5, 5.41) is 3.16. The molecule has 3 nitrogen and oxygen atoms in total. The van der Waals surface area contributed by atoms with Crippen LogP contribution in [0.1, 0.15) is 47.9 Å². The zero-order valence-corrected chi connectivity index (χ0v) is 18.2. The van der Waals surface area contributed by atoms with Gasteiger partial charge in [0.2, 0.25) is 5.91 Å². The van der Waals surface area contributed by atoms with E-state index in [4.69, 9.17) is 0 Å². The molecule has 0 saturated heterocycles. The fourth-order valence-electron chi connectivity index (χ4n) is 4.25. The highest BCUT2D eigenvalue weighted by molar-refractivity contribution is 5.86. The van der Waals surface area contributed by atoms with Crippen LogP contribution in [0.2, 0.25) is 0 Å². The summed E-state index contributed by atoms with van der Waals surface area (Å²) in [5.74, 6) is -0.00350. The third kappa shape index (κ3) is 4.88. The van der Waals surface area contributed by atoms with E-state index in [2.05, 4.69) is 90.4 Å². The zero-order valence-electron chi connectivity index (χ0n) is 18.2. The molecule has 1 N–H and O–H groups in total. The van der Waals surface area contributed by atoms with Crippen molar-refractivity contribution in [2.45, 2.75) is 38.8 Å². The van der Waals surface area contributed by atoms with Gasteiger partial charge in [0.25, 0.3) is 0 Å². The first-order valence-corrected chi connectivity index (χ1v) is 11.1. The van der Waals surface area contributed by atoms with Gasteiger partial charge in [0.1, 0.15) is 0 Å². The van der Waals surface area contributed by atoms with Gasteiger partial charge in [-0.15, -0.1) is 0 Å². The first kappa shape index (κ1) is 20.9. The molecule has 1 atom stereocenters. The summed E-state index contributed by atoms with van der Waals surface area (Å²) in [6, 6.07) is 27.2. The third-order valence-electron chi connectivity index (χ3n) is 6.13. The van der Waals surface area contributed by atoms with E-state index in [-0.39, 0.29) is 11.8 Å². The van der Waals surface area contributed by atoms with Gasteiger partial charge in [-0.25, -0.2) is 0 Å². The minimum Gasteiger partial charge on any atom is -0.367 e. The molecule has 1 aliphatic rings. The van der Waals surface area contributed by atoms with E-state index in [1.54, 1.807) is 0 Å². The summed E-state index contributed by atoms with van der Waals surface area (Å²) in [5.41, 5.74) is 6.98. The van der Waals surface area contributed by atoms with E-state index in [0.717, 1.165) is 48.2 Å². The van der Waals surface area contributed by atoms with Crippen LogP contribution in [0.15, 0.2) is 85.4 Å². The van der Waals surface area contributed by atoms with Crippen LogP contribution in [0.25, 0.3) is 5.57 Å². The molecule has 3 heteroatoms. The van der Waals surface area contributed by atoms with Gasteiger partial charge in [0.05, 0.1) is 5.92 Å². The lowest BCUT2D eigenvalue weighted by Crippen LogP contribution is -2.37. The summed E-state index contributed by atoms with van der Waals surface area (Å²) < 4.78 is 0. The minimum atomic E-state index is -0.109. The normalized spacial score (nSPS) is 15.3. The molecular weight excluding hydrogens is 380 g/mol. The summed E-state index contributed by atoms with van der Waals surface area (Å²) in [6.45, 7) is 8.48. The largest absolute Gasteiger partial charge is 0.367 e. The maximum Gasteiger partial charge on any atom is 0.227 e. The monoisotopic (exact) mass is 410 g/mol. The van der Waals surface area contributed by atoms with Crippen molar-refractivity contribution in [1.82, 2.24) is 5.32 Å². The Labute approximate surface area is 185 Å². The third-order valence-corrected chi connectivity index (χ3v) is 6.13. The summed E-state index contributed by atoms with van der Waals surface area (Å²) in [6.07, 6.45) is 1.77. The van der Waals surface area contributed by atoms with Crippen LogP contribution in [0.5, 0.6) is 0 Å². The van der Waals surface area contributed by atoms with Gasteiger partial charge in [0.15, 0.2) is 0 Å². The molecule has 0 bridgehead atoms. The summed E-state index contributed by atoms with van der Waals surface area (Å²) in [4.78, 5) is 15.5. The molecule has 0 radical (unpaired) electrons. The Morgan fingerprint density at radius 3 is 2.42 bits per heavy atom. The van der Waals surface area contributed by atoms with Gasteiger partial charge in [-0.1, -0.05) is 86.3 Å². The minimum absolute atomic E-state index is 0.105. The number of hydrogen-bond donors (Lipinski definition) is 1. The Morgan fingerprint density at radius 1 is 0.968 bits per heavy atom. The second kappa shape index (κ2) is 9.65. The van der Waals surface area contributed by atoms with Crippen molar-refractivity contribution < 1.29 is 4.79 Å². The molecule has 0 fully saturated rings. The van der Waals surface area contributed by atoms with Crippen LogP contribution < -0.4 is 10.2 Å². The van der Waals surface area contributed by atoms with Crippen molar-refractivity contribution in [2.24, 2.45) is 0 Å². The molecule has 158 valence electrons. The van der Waals surface area contributed by atoms with Gasteiger partial charge >= 0.3 is 0 Å². The Bertz CT molecular complexity index is 1040. The molecule has 0 saturated carbocycles. The summed E-state index contributed by atoms with van der Waals surface area (Å²) in [7, 11) is 0. The van der Waals surface area contributed by atoms with Crippen LogP contribution in [0.4, 0.5) is 5.69 Å². The maximum absolute atomic E-state index is 13.1. The second-order valence-corrected chi connectivity index (χ2v) is 8.18. The second-order valence-electron chi connectivity index (χ2n) is 8.18. The molecule has 1 unspecified atom stereocenters. The van der Waals surface area contributed by atoms with Gasteiger partial charge in [-0.3, -0.25) is 4.79 Å². The predicted octanol–water partition coefficient (Wildman–Crippen LogP) is 5.92. The van der Waals surface area contributed by atoms with E-state index < -0.39 is 0 Å². The van der Waals surface area contributed by atoms with E-state index in [9.17, 15) is 4.79 Å². The highest BCUT2D eigenvalue weighted by Gasteiger charge is 2.29.